The fraction of sp³-hybridized carbons (Fsp3) is 0.350. The highest BCUT2D eigenvalue weighted by Gasteiger charge is 2.36. The second-order valence-electron chi connectivity index (χ2n) is 6.80. The first-order valence-corrected chi connectivity index (χ1v) is 11.3. The van der Waals surface area contributed by atoms with Crippen LogP contribution in [0.2, 0.25) is 5.02 Å². The largest absolute Gasteiger partial charge is 0.310 e. The number of amides is 1. The summed E-state index contributed by atoms with van der Waals surface area (Å²) in [6.45, 7) is 2.27. The first kappa shape index (κ1) is 20.6. The lowest BCUT2D eigenvalue weighted by molar-refractivity contribution is -0.119. The van der Waals surface area contributed by atoms with E-state index in [9.17, 15) is 17.6 Å². The zero-order valence-electron chi connectivity index (χ0n) is 15.7. The van der Waals surface area contributed by atoms with Crippen molar-refractivity contribution in [1.29, 1.82) is 0 Å². The zero-order valence-corrected chi connectivity index (χ0v) is 17.3. The standard InChI is InChI=1S/C20H22ClFN2O3S/c1-3-18(20(25)23-12-6-8-14-7-4-5-9-19(14)23)24(28(2,26)27)15-10-11-17(22)16(21)13-15/h4-5,7,9-11,13,18H,3,6,8,12H2,1-2H3/t18-/m0/s1. The molecule has 0 N–H and O–H groups in total. The lowest BCUT2D eigenvalue weighted by Gasteiger charge is -2.36. The SMILES string of the molecule is CC[C@@H](C(=O)N1CCCc2ccccc21)N(c1ccc(F)c(Cl)c1)S(C)(=O)=O. The van der Waals surface area contributed by atoms with Gasteiger partial charge in [0.25, 0.3) is 5.91 Å². The molecule has 1 aliphatic rings. The number of aryl methyl sites for hydroxylation is 1. The number of hydrogen-bond donors (Lipinski definition) is 0. The second kappa shape index (κ2) is 8.09. The number of sulfonamides is 1. The van der Waals surface area contributed by atoms with Crippen LogP contribution < -0.4 is 9.21 Å². The Balaban J connectivity index is 2.04. The molecular formula is C20H22ClFN2O3S. The van der Waals surface area contributed by atoms with Crippen LogP contribution in [0.4, 0.5) is 15.8 Å². The summed E-state index contributed by atoms with van der Waals surface area (Å²) in [5.74, 6) is -0.955. The van der Waals surface area contributed by atoms with Crippen molar-refractivity contribution in [2.45, 2.75) is 32.2 Å². The number of rotatable bonds is 5. The van der Waals surface area contributed by atoms with Crippen LogP contribution >= 0.6 is 11.6 Å². The van der Waals surface area contributed by atoms with Gasteiger partial charge in [0, 0.05) is 12.2 Å². The number of para-hydroxylation sites is 1. The highest BCUT2D eigenvalue weighted by Crippen LogP contribution is 2.31. The highest BCUT2D eigenvalue weighted by atomic mass is 35.5. The summed E-state index contributed by atoms with van der Waals surface area (Å²) in [5, 5.41) is -0.197. The van der Waals surface area contributed by atoms with Gasteiger partial charge in [0.2, 0.25) is 10.0 Å². The molecule has 0 aliphatic carbocycles. The number of nitrogens with zero attached hydrogens (tertiary/aromatic N) is 2. The molecule has 0 saturated heterocycles. The van der Waals surface area contributed by atoms with Gasteiger partial charge in [-0.05, 0) is 49.1 Å². The van der Waals surface area contributed by atoms with Crippen molar-refractivity contribution in [3.63, 3.8) is 0 Å². The summed E-state index contributed by atoms with van der Waals surface area (Å²) in [7, 11) is -3.82. The molecule has 0 saturated carbocycles. The van der Waals surface area contributed by atoms with Gasteiger partial charge in [0.05, 0.1) is 17.0 Å². The number of carbonyl (C=O) groups excluding carboxylic acids is 1. The first-order chi connectivity index (χ1) is 13.2. The molecule has 0 unspecified atom stereocenters. The molecule has 1 aliphatic heterocycles. The second-order valence-corrected chi connectivity index (χ2v) is 9.07. The van der Waals surface area contributed by atoms with Crippen LogP contribution in [-0.2, 0) is 21.2 Å². The maximum absolute atomic E-state index is 13.6. The molecule has 0 spiro atoms. The number of fused-ring (bicyclic) bond motifs is 1. The minimum Gasteiger partial charge on any atom is -0.310 e. The van der Waals surface area contributed by atoms with Crippen LogP contribution in [0.1, 0.15) is 25.3 Å². The van der Waals surface area contributed by atoms with Gasteiger partial charge < -0.3 is 4.90 Å². The maximum atomic E-state index is 13.6. The van der Waals surface area contributed by atoms with Gasteiger partial charge in [0.1, 0.15) is 11.9 Å². The summed E-state index contributed by atoms with van der Waals surface area (Å²) in [5.41, 5.74) is 2.04. The number of benzene rings is 2. The van der Waals surface area contributed by atoms with Crippen LogP contribution in [0.5, 0.6) is 0 Å². The molecule has 3 rings (SSSR count). The topological polar surface area (TPSA) is 57.7 Å². The summed E-state index contributed by atoms with van der Waals surface area (Å²) in [4.78, 5) is 15.1. The Morgan fingerprint density at radius 2 is 2.00 bits per heavy atom. The summed E-state index contributed by atoms with van der Waals surface area (Å²) >= 11 is 5.86. The Morgan fingerprint density at radius 3 is 2.64 bits per heavy atom. The van der Waals surface area contributed by atoms with E-state index in [0.717, 1.165) is 40.7 Å². The molecule has 8 heteroatoms. The van der Waals surface area contributed by atoms with E-state index >= 15 is 0 Å². The van der Waals surface area contributed by atoms with E-state index < -0.39 is 21.9 Å². The van der Waals surface area contributed by atoms with Crippen molar-refractivity contribution in [2.24, 2.45) is 0 Å². The van der Waals surface area contributed by atoms with Crippen LogP contribution in [0.25, 0.3) is 0 Å². The fourth-order valence-corrected chi connectivity index (χ4v) is 4.98. The summed E-state index contributed by atoms with van der Waals surface area (Å²) in [6.07, 6.45) is 2.98. The number of hydrogen-bond acceptors (Lipinski definition) is 3. The lowest BCUT2D eigenvalue weighted by atomic mass is 10.0. The van der Waals surface area contributed by atoms with Crippen LogP contribution in [-0.4, -0.2) is 33.2 Å². The van der Waals surface area contributed by atoms with Gasteiger partial charge in [-0.15, -0.1) is 0 Å². The monoisotopic (exact) mass is 424 g/mol. The Hall–Kier alpha value is -2.12. The predicted molar refractivity (Wildman–Crippen MR) is 110 cm³/mol. The third-order valence-electron chi connectivity index (χ3n) is 4.85. The van der Waals surface area contributed by atoms with E-state index in [1.54, 1.807) is 11.8 Å². The van der Waals surface area contributed by atoms with E-state index in [1.165, 1.54) is 12.1 Å². The van der Waals surface area contributed by atoms with Crippen molar-refractivity contribution >= 4 is 38.9 Å². The van der Waals surface area contributed by atoms with Gasteiger partial charge in [-0.1, -0.05) is 36.7 Å². The van der Waals surface area contributed by atoms with Crippen LogP contribution in [0, 0.1) is 5.82 Å². The highest BCUT2D eigenvalue weighted by molar-refractivity contribution is 7.92. The smallest absolute Gasteiger partial charge is 0.250 e. The summed E-state index contributed by atoms with van der Waals surface area (Å²) in [6, 6.07) is 10.3. The minimum atomic E-state index is -3.82. The molecule has 28 heavy (non-hydrogen) atoms. The van der Waals surface area contributed by atoms with Gasteiger partial charge in [-0.2, -0.15) is 0 Å². The van der Waals surface area contributed by atoms with E-state index in [-0.39, 0.29) is 23.0 Å². The molecule has 1 heterocycles. The Morgan fingerprint density at radius 1 is 1.29 bits per heavy atom. The molecule has 2 aromatic carbocycles. The van der Waals surface area contributed by atoms with E-state index in [4.69, 9.17) is 11.6 Å². The van der Waals surface area contributed by atoms with Crippen LogP contribution in [0.3, 0.4) is 0 Å². The van der Waals surface area contributed by atoms with Crippen LogP contribution in [0.15, 0.2) is 42.5 Å². The van der Waals surface area contributed by atoms with Crippen molar-refractivity contribution in [3.8, 4) is 0 Å². The minimum absolute atomic E-state index is 0.166. The zero-order chi connectivity index (χ0) is 20.5. The third kappa shape index (κ3) is 4.00. The van der Waals surface area contributed by atoms with Crippen molar-refractivity contribution in [3.05, 3.63) is 58.9 Å². The molecular weight excluding hydrogens is 403 g/mol. The molecule has 0 fully saturated rings. The van der Waals surface area contributed by atoms with E-state index in [1.807, 2.05) is 24.3 Å². The van der Waals surface area contributed by atoms with Gasteiger partial charge in [-0.3, -0.25) is 9.10 Å². The fourth-order valence-electron chi connectivity index (χ4n) is 3.61. The first-order valence-electron chi connectivity index (χ1n) is 9.07. The van der Waals surface area contributed by atoms with Crippen molar-refractivity contribution in [1.82, 2.24) is 0 Å². The third-order valence-corrected chi connectivity index (χ3v) is 6.32. The Bertz CT molecular complexity index is 997. The molecule has 1 atom stereocenters. The Labute approximate surface area is 169 Å². The Kier molecular flexibility index (Phi) is 5.95. The maximum Gasteiger partial charge on any atom is 0.250 e. The number of anilines is 2. The van der Waals surface area contributed by atoms with E-state index in [0.29, 0.717) is 6.54 Å². The average Bonchev–Trinajstić information content (AvgIpc) is 2.66. The van der Waals surface area contributed by atoms with Gasteiger partial charge in [0.15, 0.2) is 0 Å². The molecule has 1 amide bonds. The van der Waals surface area contributed by atoms with Gasteiger partial charge in [-0.25, -0.2) is 12.8 Å². The number of carbonyl (C=O) groups is 1. The van der Waals surface area contributed by atoms with Crippen molar-refractivity contribution in [2.75, 3.05) is 22.0 Å². The normalized spacial score (nSPS) is 15.1. The lowest BCUT2D eigenvalue weighted by Crippen LogP contribution is -2.52. The quantitative estimate of drug-likeness (QED) is 0.728. The molecule has 0 aromatic heterocycles. The predicted octanol–water partition coefficient (Wildman–Crippen LogP) is 4.00. The molecule has 0 bridgehead atoms. The molecule has 0 radical (unpaired) electrons. The van der Waals surface area contributed by atoms with E-state index in [2.05, 4.69) is 0 Å². The number of halogens is 2. The van der Waals surface area contributed by atoms with Gasteiger partial charge >= 0.3 is 0 Å². The molecule has 5 nitrogen and oxygen atoms in total. The molecule has 150 valence electrons. The molecule has 2 aromatic rings. The summed E-state index contributed by atoms with van der Waals surface area (Å²) < 4.78 is 39.8. The average molecular weight is 425 g/mol. The van der Waals surface area contributed by atoms with Crippen molar-refractivity contribution < 1.29 is 17.6 Å².